The van der Waals surface area contributed by atoms with Crippen LogP contribution in [0.4, 0.5) is 0 Å². The molecule has 1 heterocycles. The van der Waals surface area contributed by atoms with Crippen molar-refractivity contribution in [1.82, 2.24) is 10.3 Å². The first-order valence-corrected chi connectivity index (χ1v) is 8.61. The SMILES string of the molecule is COc1cccc(C=NNC(=O)c2ccc(CN3CCOCC3)cc2)c1. The van der Waals surface area contributed by atoms with Crippen LogP contribution in [0, 0.1) is 0 Å². The number of ether oxygens (including phenoxy) is 2. The maximum absolute atomic E-state index is 12.2. The third-order valence-electron chi connectivity index (χ3n) is 4.20. The minimum Gasteiger partial charge on any atom is -0.497 e. The standard InChI is InChI=1S/C20H23N3O3/c1-25-19-4-2-3-17(13-19)14-21-22-20(24)18-7-5-16(6-8-18)15-23-9-11-26-12-10-23/h2-8,13-14H,9-12,15H2,1H3,(H,22,24). The fourth-order valence-electron chi connectivity index (χ4n) is 2.73. The van der Waals surface area contributed by atoms with Gasteiger partial charge in [-0.05, 0) is 35.4 Å². The van der Waals surface area contributed by atoms with Crippen LogP contribution in [0.15, 0.2) is 53.6 Å². The van der Waals surface area contributed by atoms with E-state index in [4.69, 9.17) is 9.47 Å². The number of nitrogens with one attached hydrogen (secondary N) is 1. The Morgan fingerprint density at radius 1 is 1.23 bits per heavy atom. The minimum atomic E-state index is -0.234. The summed E-state index contributed by atoms with van der Waals surface area (Å²) in [7, 11) is 1.61. The van der Waals surface area contributed by atoms with Crippen molar-refractivity contribution in [2.45, 2.75) is 6.54 Å². The maximum Gasteiger partial charge on any atom is 0.271 e. The zero-order chi connectivity index (χ0) is 18.2. The third kappa shape index (κ3) is 5.15. The normalized spacial score (nSPS) is 15.1. The summed E-state index contributed by atoms with van der Waals surface area (Å²) in [6.07, 6.45) is 1.59. The number of methoxy groups -OCH3 is 1. The van der Waals surface area contributed by atoms with E-state index in [1.54, 1.807) is 13.3 Å². The lowest BCUT2D eigenvalue weighted by Crippen LogP contribution is -2.35. The Kier molecular flexibility index (Phi) is 6.35. The Morgan fingerprint density at radius 2 is 2.00 bits per heavy atom. The van der Waals surface area contributed by atoms with E-state index in [1.165, 1.54) is 5.56 Å². The van der Waals surface area contributed by atoms with E-state index in [2.05, 4.69) is 15.4 Å². The van der Waals surface area contributed by atoms with Crippen molar-refractivity contribution in [3.63, 3.8) is 0 Å². The lowest BCUT2D eigenvalue weighted by molar-refractivity contribution is 0.0342. The molecule has 1 saturated heterocycles. The molecule has 26 heavy (non-hydrogen) atoms. The predicted molar refractivity (Wildman–Crippen MR) is 101 cm³/mol. The van der Waals surface area contributed by atoms with Crippen molar-refractivity contribution in [2.75, 3.05) is 33.4 Å². The van der Waals surface area contributed by atoms with Crippen LogP contribution in [0.5, 0.6) is 5.75 Å². The van der Waals surface area contributed by atoms with Gasteiger partial charge in [0, 0.05) is 25.2 Å². The van der Waals surface area contributed by atoms with Crippen LogP contribution in [-0.4, -0.2) is 50.4 Å². The highest BCUT2D eigenvalue weighted by Gasteiger charge is 2.11. The highest BCUT2D eigenvalue weighted by Crippen LogP contribution is 2.11. The van der Waals surface area contributed by atoms with Gasteiger partial charge in [0.1, 0.15) is 5.75 Å². The molecule has 0 aliphatic carbocycles. The molecule has 0 unspecified atom stereocenters. The van der Waals surface area contributed by atoms with E-state index >= 15 is 0 Å². The molecule has 1 fully saturated rings. The Hall–Kier alpha value is -2.70. The number of carbonyl (C=O) groups is 1. The van der Waals surface area contributed by atoms with E-state index in [-0.39, 0.29) is 5.91 Å². The summed E-state index contributed by atoms with van der Waals surface area (Å²) in [5.74, 6) is 0.512. The molecular weight excluding hydrogens is 330 g/mol. The quantitative estimate of drug-likeness (QED) is 0.639. The number of hydrazone groups is 1. The molecule has 0 atom stereocenters. The van der Waals surface area contributed by atoms with Gasteiger partial charge in [-0.1, -0.05) is 24.3 Å². The molecule has 0 saturated carbocycles. The third-order valence-corrected chi connectivity index (χ3v) is 4.20. The molecule has 6 heteroatoms. The number of nitrogens with zero attached hydrogens (tertiary/aromatic N) is 2. The van der Waals surface area contributed by atoms with E-state index in [0.717, 1.165) is 44.2 Å². The van der Waals surface area contributed by atoms with E-state index in [0.29, 0.717) is 5.56 Å². The van der Waals surface area contributed by atoms with Crippen molar-refractivity contribution in [1.29, 1.82) is 0 Å². The second-order valence-corrected chi connectivity index (χ2v) is 6.06. The highest BCUT2D eigenvalue weighted by atomic mass is 16.5. The Balaban J connectivity index is 1.53. The fourth-order valence-corrected chi connectivity index (χ4v) is 2.73. The molecule has 1 aliphatic rings. The van der Waals surface area contributed by atoms with Crippen molar-refractivity contribution in [2.24, 2.45) is 5.10 Å². The van der Waals surface area contributed by atoms with E-state index in [1.807, 2.05) is 48.5 Å². The van der Waals surface area contributed by atoms with Crippen molar-refractivity contribution in [3.05, 3.63) is 65.2 Å². The first-order chi connectivity index (χ1) is 12.7. The van der Waals surface area contributed by atoms with Crippen LogP contribution in [-0.2, 0) is 11.3 Å². The summed E-state index contributed by atoms with van der Waals surface area (Å²) in [6.45, 7) is 4.33. The first kappa shape index (κ1) is 18.1. The van der Waals surface area contributed by atoms with Gasteiger partial charge in [-0.2, -0.15) is 5.10 Å². The lowest BCUT2D eigenvalue weighted by atomic mass is 10.1. The smallest absolute Gasteiger partial charge is 0.271 e. The average molecular weight is 353 g/mol. The predicted octanol–water partition coefficient (Wildman–Crippen LogP) is 2.29. The molecule has 6 nitrogen and oxygen atoms in total. The molecule has 1 aliphatic heterocycles. The number of amides is 1. The van der Waals surface area contributed by atoms with Gasteiger partial charge in [-0.25, -0.2) is 5.43 Å². The molecular formula is C20H23N3O3. The summed E-state index contributed by atoms with van der Waals surface area (Å²) in [5.41, 5.74) is 5.17. The maximum atomic E-state index is 12.2. The number of rotatable bonds is 6. The summed E-state index contributed by atoms with van der Waals surface area (Å²) in [5, 5.41) is 4.01. The van der Waals surface area contributed by atoms with Crippen LogP contribution >= 0.6 is 0 Å². The highest BCUT2D eigenvalue weighted by molar-refractivity contribution is 5.94. The first-order valence-electron chi connectivity index (χ1n) is 8.61. The molecule has 0 bridgehead atoms. The average Bonchev–Trinajstić information content (AvgIpc) is 2.69. The Labute approximate surface area is 153 Å². The number of hydrogen-bond acceptors (Lipinski definition) is 5. The van der Waals surface area contributed by atoms with E-state index < -0.39 is 0 Å². The molecule has 0 aromatic heterocycles. The molecule has 2 aromatic carbocycles. The van der Waals surface area contributed by atoms with Gasteiger partial charge < -0.3 is 9.47 Å². The number of benzene rings is 2. The molecule has 136 valence electrons. The second kappa shape index (κ2) is 9.12. The van der Waals surface area contributed by atoms with Crippen molar-refractivity contribution >= 4 is 12.1 Å². The summed E-state index contributed by atoms with van der Waals surface area (Å²) < 4.78 is 10.5. The largest absolute Gasteiger partial charge is 0.497 e. The molecule has 1 amide bonds. The summed E-state index contributed by atoms with van der Waals surface area (Å²) >= 11 is 0. The zero-order valence-corrected chi connectivity index (χ0v) is 14.9. The van der Waals surface area contributed by atoms with Crippen LogP contribution in [0.1, 0.15) is 21.5 Å². The number of morpholine rings is 1. The Morgan fingerprint density at radius 3 is 2.73 bits per heavy atom. The lowest BCUT2D eigenvalue weighted by Gasteiger charge is -2.26. The van der Waals surface area contributed by atoms with Gasteiger partial charge in [-0.3, -0.25) is 9.69 Å². The summed E-state index contributed by atoms with van der Waals surface area (Å²) in [4.78, 5) is 14.5. The number of carbonyl (C=O) groups excluding carboxylic acids is 1. The Bertz CT molecular complexity index is 753. The van der Waals surface area contributed by atoms with Gasteiger partial charge in [0.15, 0.2) is 0 Å². The molecule has 3 rings (SSSR count). The molecule has 0 radical (unpaired) electrons. The minimum absolute atomic E-state index is 0.234. The van der Waals surface area contributed by atoms with Gasteiger partial charge in [0.2, 0.25) is 0 Å². The number of hydrogen-bond donors (Lipinski definition) is 1. The van der Waals surface area contributed by atoms with Crippen molar-refractivity contribution in [3.8, 4) is 5.75 Å². The monoisotopic (exact) mass is 353 g/mol. The molecule has 2 aromatic rings. The van der Waals surface area contributed by atoms with Gasteiger partial charge in [0.25, 0.3) is 5.91 Å². The van der Waals surface area contributed by atoms with Crippen LogP contribution < -0.4 is 10.2 Å². The zero-order valence-electron chi connectivity index (χ0n) is 14.9. The summed E-state index contributed by atoms with van der Waals surface area (Å²) in [6, 6.07) is 15.1. The molecule has 1 N–H and O–H groups in total. The second-order valence-electron chi connectivity index (χ2n) is 6.06. The van der Waals surface area contributed by atoms with Gasteiger partial charge in [0.05, 0.1) is 26.5 Å². The van der Waals surface area contributed by atoms with Crippen LogP contribution in [0.25, 0.3) is 0 Å². The van der Waals surface area contributed by atoms with Gasteiger partial charge in [-0.15, -0.1) is 0 Å². The van der Waals surface area contributed by atoms with Crippen LogP contribution in [0.2, 0.25) is 0 Å². The molecule has 0 spiro atoms. The van der Waals surface area contributed by atoms with Crippen molar-refractivity contribution < 1.29 is 14.3 Å². The van der Waals surface area contributed by atoms with E-state index in [9.17, 15) is 4.79 Å². The van der Waals surface area contributed by atoms with Gasteiger partial charge >= 0.3 is 0 Å². The van der Waals surface area contributed by atoms with Crippen LogP contribution in [0.3, 0.4) is 0 Å². The topological polar surface area (TPSA) is 63.2 Å². The fraction of sp³-hybridized carbons (Fsp3) is 0.300.